The van der Waals surface area contributed by atoms with Gasteiger partial charge in [-0.2, -0.15) is 0 Å². The highest BCUT2D eigenvalue weighted by Crippen LogP contribution is 2.36. The van der Waals surface area contributed by atoms with E-state index in [-0.39, 0.29) is 5.04 Å². The standard InChI is InChI=1S/C14H24N4OSSi/c1-14(2,3)21(4,5)19-9-8-16-11-7-6-10-12(18-11)20-13(15)17-10/h6-7H,8-9H2,1-5H3,(H2,15,17)(H,16,18). The highest BCUT2D eigenvalue weighted by atomic mass is 32.1. The molecule has 0 aromatic carbocycles. The maximum absolute atomic E-state index is 6.13. The van der Waals surface area contributed by atoms with Crippen LogP contribution in [0.15, 0.2) is 12.1 Å². The molecule has 0 saturated heterocycles. The Morgan fingerprint density at radius 1 is 1.29 bits per heavy atom. The third kappa shape index (κ3) is 3.93. The first-order valence-corrected chi connectivity index (χ1v) is 10.8. The molecule has 0 atom stereocenters. The van der Waals surface area contributed by atoms with Gasteiger partial charge in [-0.25, -0.2) is 9.97 Å². The van der Waals surface area contributed by atoms with Crippen LogP contribution in [0.2, 0.25) is 18.1 Å². The minimum atomic E-state index is -1.67. The summed E-state index contributed by atoms with van der Waals surface area (Å²) >= 11 is 1.40. The van der Waals surface area contributed by atoms with Crippen LogP contribution in [0.5, 0.6) is 0 Å². The van der Waals surface area contributed by atoms with Gasteiger partial charge >= 0.3 is 0 Å². The maximum Gasteiger partial charge on any atom is 0.192 e. The van der Waals surface area contributed by atoms with Crippen molar-refractivity contribution in [3.63, 3.8) is 0 Å². The van der Waals surface area contributed by atoms with Crippen LogP contribution in [0.25, 0.3) is 10.3 Å². The molecule has 0 radical (unpaired) electrons. The zero-order valence-corrected chi connectivity index (χ0v) is 15.2. The number of rotatable bonds is 5. The SMILES string of the molecule is CC(C)(C)[Si](C)(C)OCCNc1ccc2nc(N)sc2n1. The molecule has 0 aliphatic rings. The number of nitrogens with one attached hydrogen (secondary N) is 1. The van der Waals surface area contributed by atoms with Crippen LogP contribution < -0.4 is 11.1 Å². The van der Waals surface area contributed by atoms with Crippen LogP contribution in [0.4, 0.5) is 10.9 Å². The second kappa shape index (κ2) is 5.90. The van der Waals surface area contributed by atoms with E-state index >= 15 is 0 Å². The molecule has 21 heavy (non-hydrogen) atoms. The van der Waals surface area contributed by atoms with Gasteiger partial charge < -0.3 is 15.5 Å². The van der Waals surface area contributed by atoms with Gasteiger partial charge in [-0.3, -0.25) is 0 Å². The summed E-state index contributed by atoms with van der Waals surface area (Å²) in [7, 11) is -1.67. The first-order chi connectivity index (χ1) is 9.69. The van der Waals surface area contributed by atoms with E-state index in [4.69, 9.17) is 10.2 Å². The Labute approximate surface area is 131 Å². The van der Waals surface area contributed by atoms with E-state index in [0.717, 1.165) is 22.7 Å². The summed E-state index contributed by atoms with van der Waals surface area (Å²) in [5, 5.41) is 4.09. The van der Waals surface area contributed by atoms with E-state index in [1.807, 2.05) is 12.1 Å². The van der Waals surface area contributed by atoms with Crippen LogP contribution in [-0.4, -0.2) is 31.4 Å². The number of aromatic nitrogens is 2. The van der Waals surface area contributed by atoms with Crippen molar-refractivity contribution in [2.75, 3.05) is 24.2 Å². The Bertz CT molecular complexity index is 621. The number of hydrogen-bond donors (Lipinski definition) is 2. The van der Waals surface area contributed by atoms with Crippen molar-refractivity contribution < 1.29 is 4.43 Å². The van der Waals surface area contributed by atoms with Gasteiger partial charge in [0.25, 0.3) is 0 Å². The summed E-state index contributed by atoms with van der Waals surface area (Å²) in [5.74, 6) is 0.838. The highest BCUT2D eigenvalue weighted by molar-refractivity contribution is 7.21. The number of nitrogen functional groups attached to an aromatic ring is 1. The Balaban J connectivity index is 1.88. The quantitative estimate of drug-likeness (QED) is 0.648. The number of fused-ring (bicyclic) bond motifs is 1. The Hall–Kier alpha value is -1.18. The summed E-state index contributed by atoms with van der Waals surface area (Å²) in [6.45, 7) is 12.7. The smallest absolute Gasteiger partial charge is 0.192 e. The van der Waals surface area contributed by atoms with E-state index in [2.05, 4.69) is 49.1 Å². The van der Waals surface area contributed by atoms with Crippen molar-refractivity contribution in [2.24, 2.45) is 0 Å². The molecule has 2 rings (SSSR count). The third-order valence-corrected chi connectivity index (χ3v) is 9.28. The van der Waals surface area contributed by atoms with Gasteiger partial charge in [0.1, 0.15) is 16.2 Å². The van der Waals surface area contributed by atoms with Crippen molar-refractivity contribution in [1.29, 1.82) is 0 Å². The van der Waals surface area contributed by atoms with Crippen LogP contribution in [0, 0.1) is 0 Å². The topological polar surface area (TPSA) is 73.1 Å². The molecule has 0 amide bonds. The van der Waals surface area contributed by atoms with Crippen LogP contribution in [0.3, 0.4) is 0 Å². The van der Waals surface area contributed by atoms with Crippen molar-refractivity contribution in [1.82, 2.24) is 9.97 Å². The van der Waals surface area contributed by atoms with E-state index in [0.29, 0.717) is 11.7 Å². The second-order valence-electron chi connectivity index (χ2n) is 6.61. The first kappa shape index (κ1) is 16.2. The number of thiazole rings is 1. The Kier molecular flexibility index (Phi) is 4.55. The number of hydrogen-bond acceptors (Lipinski definition) is 6. The average Bonchev–Trinajstić information content (AvgIpc) is 2.72. The number of nitrogens with zero attached hydrogens (tertiary/aromatic N) is 2. The number of anilines is 2. The van der Waals surface area contributed by atoms with Gasteiger partial charge in [0.2, 0.25) is 0 Å². The van der Waals surface area contributed by atoms with Crippen molar-refractivity contribution in [3.05, 3.63) is 12.1 Å². The second-order valence-corrected chi connectivity index (χ2v) is 12.4. The van der Waals surface area contributed by atoms with Crippen molar-refractivity contribution >= 4 is 41.0 Å². The Morgan fingerprint density at radius 3 is 2.67 bits per heavy atom. The molecule has 2 aromatic rings. The fourth-order valence-electron chi connectivity index (χ4n) is 1.63. The number of pyridine rings is 1. The molecule has 0 spiro atoms. The lowest BCUT2D eigenvalue weighted by Crippen LogP contribution is -2.41. The van der Waals surface area contributed by atoms with Gasteiger partial charge in [0.05, 0.1) is 6.61 Å². The normalized spacial score (nSPS) is 12.8. The molecule has 7 heteroatoms. The molecule has 0 bridgehead atoms. The molecule has 2 aromatic heterocycles. The van der Waals surface area contributed by atoms with E-state index in [1.165, 1.54) is 11.3 Å². The van der Waals surface area contributed by atoms with Crippen LogP contribution in [-0.2, 0) is 4.43 Å². The van der Waals surface area contributed by atoms with Crippen LogP contribution in [0.1, 0.15) is 20.8 Å². The monoisotopic (exact) mass is 324 g/mol. The minimum Gasteiger partial charge on any atom is -0.415 e. The summed E-state index contributed by atoms with van der Waals surface area (Å²) in [6.07, 6.45) is 0. The summed E-state index contributed by atoms with van der Waals surface area (Å²) in [5.41, 5.74) is 6.53. The predicted octanol–water partition coefficient (Wildman–Crippen LogP) is 3.71. The average molecular weight is 325 g/mol. The lowest BCUT2D eigenvalue weighted by Gasteiger charge is -2.36. The van der Waals surface area contributed by atoms with E-state index < -0.39 is 8.32 Å². The molecule has 0 aliphatic carbocycles. The van der Waals surface area contributed by atoms with Gasteiger partial charge in [0, 0.05) is 6.54 Å². The molecule has 0 fully saturated rings. The molecule has 0 unspecified atom stereocenters. The minimum absolute atomic E-state index is 0.240. The van der Waals surface area contributed by atoms with Crippen molar-refractivity contribution in [2.45, 2.75) is 38.9 Å². The predicted molar refractivity (Wildman–Crippen MR) is 93.5 cm³/mol. The fraction of sp³-hybridized carbons (Fsp3) is 0.571. The summed E-state index contributed by atoms with van der Waals surface area (Å²) in [4.78, 5) is 9.56. The fourth-order valence-corrected chi connectivity index (χ4v) is 3.38. The highest BCUT2D eigenvalue weighted by Gasteiger charge is 2.36. The summed E-state index contributed by atoms with van der Waals surface area (Å²) < 4.78 is 6.13. The largest absolute Gasteiger partial charge is 0.415 e. The van der Waals surface area contributed by atoms with Gasteiger partial charge in [-0.15, -0.1) is 0 Å². The maximum atomic E-state index is 6.13. The number of nitrogens with two attached hydrogens (primary N) is 1. The van der Waals surface area contributed by atoms with Crippen molar-refractivity contribution in [3.8, 4) is 0 Å². The third-order valence-electron chi connectivity index (χ3n) is 3.95. The Morgan fingerprint density at radius 2 is 2.00 bits per heavy atom. The molecule has 0 saturated carbocycles. The lowest BCUT2D eigenvalue weighted by molar-refractivity contribution is 0.301. The first-order valence-electron chi connectivity index (χ1n) is 7.10. The molecular formula is C14H24N4OSSi. The summed E-state index contributed by atoms with van der Waals surface area (Å²) in [6, 6.07) is 3.86. The van der Waals surface area contributed by atoms with Crippen LogP contribution >= 0.6 is 11.3 Å². The van der Waals surface area contributed by atoms with E-state index in [1.54, 1.807) is 0 Å². The zero-order chi connectivity index (χ0) is 15.7. The molecule has 5 nitrogen and oxygen atoms in total. The zero-order valence-electron chi connectivity index (χ0n) is 13.4. The molecular weight excluding hydrogens is 300 g/mol. The lowest BCUT2D eigenvalue weighted by atomic mass is 10.2. The molecule has 116 valence electrons. The van der Waals surface area contributed by atoms with Gasteiger partial charge in [-0.1, -0.05) is 32.1 Å². The van der Waals surface area contributed by atoms with E-state index in [9.17, 15) is 0 Å². The molecule has 2 heterocycles. The van der Waals surface area contributed by atoms with Gasteiger partial charge in [0.15, 0.2) is 13.4 Å². The van der Waals surface area contributed by atoms with Gasteiger partial charge in [-0.05, 0) is 30.3 Å². The molecule has 0 aliphatic heterocycles. The molecule has 3 N–H and O–H groups in total.